The van der Waals surface area contributed by atoms with Crippen LogP contribution in [0, 0.1) is 6.92 Å². The first kappa shape index (κ1) is 14.3. The second-order valence-electron chi connectivity index (χ2n) is 4.78. The van der Waals surface area contributed by atoms with Crippen LogP contribution in [0.15, 0.2) is 11.1 Å². The van der Waals surface area contributed by atoms with Gasteiger partial charge in [-0.1, -0.05) is 18.7 Å². The molecule has 4 nitrogen and oxygen atoms in total. The Morgan fingerprint density at radius 3 is 2.74 bits per heavy atom. The van der Waals surface area contributed by atoms with Gasteiger partial charge < -0.3 is 5.11 Å². The zero-order valence-electron chi connectivity index (χ0n) is 11.4. The van der Waals surface area contributed by atoms with E-state index in [4.69, 9.17) is 0 Å². The van der Waals surface area contributed by atoms with E-state index in [0.717, 1.165) is 21.7 Å². The van der Waals surface area contributed by atoms with E-state index in [1.54, 1.807) is 25.2 Å². The van der Waals surface area contributed by atoms with Crippen molar-refractivity contribution in [2.75, 3.05) is 0 Å². The molecule has 0 aromatic carbocycles. The van der Waals surface area contributed by atoms with E-state index >= 15 is 0 Å². The van der Waals surface area contributed by atoms with Gasteiger partial charge in [0, 0.05) is 10.3 Å². The summed E-state index contributed by atoms with van der Waals surface area (Å²) in [7, 11) is 0. The van der Waals surface area contributed by atoms with Gasteiger partial charge in [0.05, 0.1) is 0 Å². The van der Waals surface area contributed by atoms with Gasteiger partial charge in [0.1, 0.15) is 20.4 Å². The number of nitrogens with zero attached hydrogens (tertiary/aromatic N) is 2. The van der Waals surface area contributed by atoms with E-state index < -0.39 is 10.7 Å². The van der Waals surface area contributed by atoms with Crippen LogP contribution in [0.5, 0.6) is 0 Å². The molecule has 0 atom stereocenters. The zero-order valence-corrected chi connectivity index (χ0v) is 13.0. The van der Waals surface area contributed by atoms with Gasteiger partial charge in [-0.05, 0) is 33.3 Å². The molecular formula is C13H16N2O2S2. The number of aromatic nitrogens is 2. The second kappa shape index (κ2) is 5.09. The smallest absolute Gasteiger partial charge is 0.319 e. The summed E-state index contributed by atoms with van der Waals surface area (Å²) in [6.45, 7) is 7.31. The number of aryl methyl sites for hydroxylation is 2. The maximum Gasteiger partial charge on any atom is 0.319 e. The molecule has 2 aromatic rings. The minimum Gasteiger partial charge on any atom is -0.480 e. The molecule has 0 amide bonds. The number of carboxylic acids is 1. The highest BCUT2D eigenvalue weighted by molar-refractivity contribution is 8.01. The Bertz CT molecular complexity index is 635. The molecule has 0 aliphatic heterocycles. The number of hydrogen-bond donors (Lipinski definition) is 1. The summed E-state index contributed by atoms with van der Waals surface area (Å²) < 4.78 is -0.901. The summed E-state index contributed by atoms with van der Waals surface area (Å²) in [6.07, 6.45) is 0.951. The average molecular weight is 296 g/mol. The quantitative estimate of drug-likeness (QED) is 0.691. The molecule has 102 valence electrons. The van der Waals surface area contributed by atoms with Crippen LogP contribution in [0.4, 0.5) is 0 Å². The monoisotopic (exact) mass is 296 g/mol. The third kappa shape index (κ3) is 2.90. The number of carboxylic acid groups (broad SMARTS) is 1. The van der Waals surface area contributed by atoms with Gasteiger partial charge in [-0.2, -0.15) is 0 Å². The topological polar surface area (TPSA) is 63.1 Å². The van der Waals surface area contributed by atoms with Crippen LogP contribution in [-0.4, -0.2) is 25.8 Å². The lowest BCUT2D eigenvalue weighted by Gasteiger charge is -2.18. The highest BCUT2D eigenvalue weighted by Crippen LogP contribution is 2.38. The number of hydrogen-bond acceptors (Lipinski definition) is 5. The third-order valence-electron chi connectivity index (χ3n) is 2.74. The van der Waals surface area contributed by atoms with Crippen molar-refractivity contribution in [3.05, 3.63) is 16.8 Å². The molecule has 2 heterocycles. The van der Waals surface area contributed by atoms with E-state index in [1.165, 1.54) is 16.6 Å². The number of thioether (sulfide) groups is 1. The normalized spacial score (nSPS) is 12.0. The maximum atomic E-state index is 11.2. The number of rotatable bonds is 4. The van der Waals surface area contributed by atoms with Gasteiger partial charge in [0.2, 0.25) is 0 Å². The average Bonchev–Trinajstić information content (AvgIpc) is 2.71. The Balaban J connectivity index is 2.53. The molecule has 0 saturated carbocycles. The predicted molar refractivity (Wildman–Crippen MR) is 79.1 cm³/mol. The Kier molecular flexibility index (Phi) is 3.82. The molecule has 0 saturated heterocycles. The highest BCUT2D eigenvalue weighted by atomic mass is 32.2. The molecule has 2 rings (SSSR count). The summed E-state index contributed by atoms with van der Waals surface area (Å²) in [5.74, 6) is -0.159. The zero-order chi connectivity index (χ0) is 14.2. The van der Waals surface area contributed by atoms with Crippen LogP contribution in [-0.2, 0) is 11.2 Å². The molecular weight excluding hydrogens is 280 g/mol. The van der Waals surface area contributed by atoms with Crippen LogP contribution >= 0.6 is 23.1 Å². The summed E-state index contributed by atoms with van der Waals surface area (Å²) in [5.41, 5.74) is 0. The van der Waals surface area contributed by atoms with Crippen molar-refractivity contribution in [2.45, 2.75) is 43.9 Å². The molecule has 1 N–H and O–H groups in total. The third-order valence-corrected chi connectivity index (χ3v) is 5.10. The fraction of sp³-hybridized carbons (Fsp3) is 0.462. The van der Waals surface area contributed by atoms with E-state index in [0.29, 0.717) is 5.82 Å². The lowest BCUT2D eigenvalue weighted by molar-refractivity contribution is -0.138. The number of thiophene rings is 1. The van der Waals surface area contributed by atoms with Crippen molar-refractivity contribution in [3.63, 3.8) is 0 Å². The van der Waals surface area contributed by atoms with Gasteiger partial charge in [-0.25, -0.2) is 9.97 Å². The predicted octanol–water partition coefficient (Wildman–Crippen LogP) is 3.52. The molecule has 0 spiro atoms. The Hall–Kier alpha value is -1.14. The highest BCUT2D eigenvalue weighted by Gasteiger charge is 2.30. The van der Waals surface area contributed by atoms with E-state index in [1.807, 2.05) is 6.92 Å². The van der Waals surface area contributed by atoms with Gasteiger partial charge in [0.25, 0.3) is 0 Å². The standard InChI is InChI=1S/C13H16N2O2S2/c1-5-8-6-9-10(18-8)14-7(2)15-11(9)19-13(3,4)12(16)17/h6H,5H2,1-4H3,(H,16,17). The summed E-state index contributed by atoms with van der Waals surface area (Å²) >= 11 is 2.93. The van der Waals surface area contributed by atoms with E-state index in [-0.39, 0.29) is 0 Å². The molecule has 0 aliphatic rings. The van der Waals surface area contributed by atoms with Crippen molar-refractivity contribution >= 4 is 39.3 Å². The fourth-order valence-corrected chi connectivity index (χ4v) is 3.68. The van der Waals surface area contributed by atoms with Crippen molar-refractivity contribution in [2.24, 2.45) is 0 Å². The Morgan fingerprint density at radius 1 is 1.47 bits per heavy atom. The molecule has 0 bridgehead atoms. The van der Waals surface area contributed by atoms with Crippen molar-refractivity contribution in [1.82, 2.24) is 9.97 Å². The molecule has 0 radical (unpaired) electrons. The van der Waals surface area contributed by atoms with Crippen LogP contribution < -0.4 is 0 Å². The van der Waals surface area contributed by atoms with Crippen LogP contribution in [0.25, 0.3) is 10.2 Å². The van der Waals surface area contributed by atoms with Crippen molar-refractivity contribution in [1.29, 1.82) is 0 Å². The molecule has 0 fully saturated rings. The maximum absolute atomic E-state index is 11.2. The van der Waals surface area contributed by atoms with E-state index in [9.17, 15) is 9.90 Å². The van der Waals surface area contributed by atoms with Gasteiger partial charge >= 0.3 is 5.97 Å². The lowest BCUT2D eigenvalue weighted by Crippen LogP contribution is -2.27. The first-order valence-corrected chi connectivity index (χ1v) is 7.66. The Morgan fingerprint density at radius 2 is 2.16 bits per heavy atom. The van der Waals surface area contributed by atoms with Crippen LogP contribution in [0.3, 0.4) is 0 Å². The molecule has 19 heavy (non-hydrogen) atoms. The number of aliphatic carboxylic acids is 1. The van der Waals surface area contributed by atoms with Crippen molar-refractivity contribution < 1.29 is 9.90 Å². The second-order valence-corrected chi connectivity index (χ2v) is 7.51. The first-order valence-electron chi connectivity index (χ1n) is 6.03. The SMILES string of the molecule is CCc1cc2c(SC(C)(C)C(=O)O)nc(C)nc2s1. The fourth-order valence-electron chi connectivity index (χ4n) is 1.58. The number of carbonyl (C=O) groups is 1. The van der Waals surface area contributed by atoms with Gasteiger partial charge in [-0.15, -0.1) is 11.3 Å². The summed E-state index contributed by atoms with van der Waals surface area (Å²) in [6, 6.07) is 2.07. The number of fused-ring (bicyclic) bond motifs is 1. The van der Waals surface area contributed by atoms with Crippen molar-refractivity contribution in [3.8, 4) is 0 Å². The van der Waals surface area contributed by atoms with Gasteiger partial charge in [-0.3, -0.25) is 4.79 Å². The molecule has 6 heteroatoms. The molecule has 0 unspecified atom stereocenters. The summed E-state index contributed by atoms with van der Waals surface area (Å²) in [4.78, 5) is 22.3. The van der Waals surface area contributed by atoms with Crippen LogP contribution in [0.1, 0.15) is 31.5 Å². The van der Waals surface area contributed by atoms with E-state index in [2.05, 4.69) is 23.0 Å². The molecule has 0 aliphatic carbocycles. The largest absolute Gasteiger partial charge is 0.480 e. The lowest BCUT2D eigenvalue weighted by atomic mass is 10.2. The van der Waals surface area contributed by atoms with Gasteiger partial charge in [0.15, 0.2) is 0 Å². The summed E-state index contributed by atoms with van der Waals surface area (Å²) in [5, 5.41) is 11.0. The molecule has 2 aromatic heterocycles. The minimum atomic E-state index is -0.901. The minimum absolute atomic E-state index is 0.681. The first-order chi connectivity index (χ1) is 8.83. The Labute approximate surface area is 120 Å². The van der Waals surface area contributed by atoms with Crippen LogP contribution in [0.2, 0.25) is 0 Å².